The fourth-order valence-corrected chi connectivity index (χ4v) is 4.82. The van der Waals surface area contributed by atoms with E-state index in [1.165, 1.54) is 22.9 Å². The van der Waals surface area contributed by atoms with Crippen LogP contribution in [0.25, 0.3) is 0 Å². The quantitative estimate of drug-likeness (QED) is 0.639. The van der Waals surface area contributed by atoms with Crippen LogP contribution in [-0.2, 0) is 19.6 Å². The fourth-order valence-electron chi connectivity index (χ4n) is 3.75. The van der Waals surface area contributed by atoms with Crippen molar-refractivity contribution in [3.8, 4) is 0 Å². The SMILES string of the molecule is Cc1ccc(S(=O)(=O)NCC(=O)NCC(=O)N2CCN(c3cccc(C)c3C)CC2)cc1C. The summed E-state index contributed by atoms with van der Waals surface area (Å²) in [6, 6.07) is 11.0. The minimum atomic E-state index is -3.80. The number of piperazine rings is 1. The molecular formula is C24H32N4O4S. The normalized spacial score (nSPS) is 14.3. The lowest BCUT2D eigenvalue weighted by Crippen LogP contribution is -2.52. The Morgan fingerprint density at radius 1 is 0.879 bits per heavy atom. The largest absolute Gasteiger partial charge is 0.368 e. The van der Waals surface area contributed by atoms with Crippen LogP contribution in [0.4, 0.5) is 5.69 Å². The second-order valence-electron chi connectivity index (χ2n) is 8.43. The number of amides is 2. The van der Waals surface area contributed by atoms with Crippen LogP contribution in [0.15, 0.2) is 41.3 Å². The maximum absolute atomic E-state index is 12.5. The van der Waals surface area contributed by atoms with Gasteiger partial charge in [-0.25, -0.2) is 13.1 Å². The summed E-state index contributed by atoms with van der Waals surface area (Å²) < 4.78 is 27.1. The van der Waals surface area contributed by atoms with Crippen molar-refractivity contribution in [1.82, 2.24) is 14.9 Å². The third-order valence-corrected chi connectivity index (χ3v) is 7.60. The van der Waals surface area contributed by atoms with Gasteiger partial charge in [0.2, 0.25) is 21.8 Å². The predicted octanol–water partition coefficient (Wildman–Crippen LogP) is 1.66. The van der Waals surface area contributed by atoms with Crippen molar-refractivity contribution in [2.75, 3.05) is 44.2 Å². The van der Waals surface area contributed by atoms with Crippen LogP contribution in [0.2, 0.25) is 0 Å². The zero-order valence-electron chi connectivity index (χ0n) is 19.6. The van der Waals surface area contributed by atoms with Crippen molar-refractivity contribution < 1.29 is 18.0 Å². The molecule has 8 nitrogen and oxygen atoms in total. The molecule has 178 valence electrons. The van der Waals surface area contributed by atoms with Crippen molar-refractivity contribution >= 4 is 27.5 Å². The zero-order chi connectivity index (χ0) is 24.2. The van der Waals surface area contributed by atoms with Gasteiger partial charge in [-0.2, -0.15) is 0 Å². The van der Waals surface area contributed by atoms with Crippen LogP contribution >= 0.6 is 0 Å². The lowest BCUT2D eigenvalue weighted by Gasteiger charge is -2.37. The van der Waals surface area contributed by atoms with E-state index in [-0.39, 0.29) is 17.3 Å². The van der Waals surface area contributed by atoms with Crippen LogP contribution in [0, 0.1) is 27.7 Å². The van der Waals surface area contributed by atoms with E-state index in [0.717, 1.165) is 24.2 Å². The number of aryl methyl sites for hydroxylation is 3. The second kappa shape index (κ2) is 10.4. The summed E-state index contributed by atoms with van der Waals surface area (Å²) in [6.07, 6.45) is 0. The molecule has 2 N–H and O–H groups in total. The Balaban J connectivity index is 1.44. The van der Waals surface area contributed by atoms with Gasteiger partial charge in [0.1, 0.15) is 0 Å². The molecule has 1 fully saturated rings. The molecule has 0 saturated carbocycles. The van der Waals surface area contributed by atoms with E-state index in [0.29, 0.717) is 13.1 Å². The lowest BCUT2D eigenvalue weighted by molar-refractivity contribution is -0.132. The first kappa shape index (κ1) is 24.7. The lowest BCUT2D eigenvalue weighted by atomic mass is 10.1. The molecule has 2 aromatic rings. The highest BCUT2D eigenvalue weighted by Crippen LogP contribution is 2.23. The van der Waals surface area contributed by atoms with Crippen LogP contribution in [0.1, 0.15) is 22.3 Å². The van der Waals surface area contributed by atoms with E-state index in [2.05, 4.69) is 40.9 Å². The number of carbonyl (C=O) groups excluding carboxylic acids is 2. The molecule has 1 aliphatic heterocycles. The summed E-state index contributed by atoms with van der Waals surface area (Å²) in [7, 11) is -3.80. The first-order chi connectivity index (χ1) is 15.6. The van der Waals surface area contributed by atoms with Crippen molar-refractivity contribution in [3.05, 3.63) is 58.7 Å². The Hall–Kier alpha value is -2.91. The van der Waals surface area contributed by atoms with Gasteiger partial charge < -0.3 is 15.1 Å². The molecule has 0 bridgehead atoms. The number of nitrogens with zero attached hydrogens (tertiary/aromatic N) is 2. The molecule has 0 radical (unpaired) electrons. The van der Waals surface area contributed by atoms with Crippen LogP contribution in [-0.4, -0.2) is 64.4 Å². The number of sulfonamides is 1. The molecule has 1 aliphatic rings. The van der Waals surface area contributed by atoms with Gasteiger partial charge >= 0.3 is 0 Å². The third kappa shape index (κ3) is 6.11. The van der Waals surface area contributed by atoms with Crippen molar-refractivity contribution in [2.45, 2.75) is 32.6 Å². The number of anilines is 1. The molecule has 0 aromatic heterocycles. The van der Waals surface area contributed by atoms with Crippen LogP contribution in [0.3, 0.4) is 0 Å². The van der Waals surface area contributed by atoms with Crippen molar-refractivity contribution in [3.63, 3.8) is 0 Å². The van der Waals surface area contributed by atoms with E-state index in [9.17, 15) is 18.0 Å². The highest BCUT2D eigenvalue weighted by molar-refractivity contribution is 7.89. The number of carbonyl (C=O) groups is 2. The summed E-state index contributed by atoms with van der Waals surface area (Å²) in [5.74, 6) is -0.731. The molecule has 0 aliphatic carbocycles. The number of hydrogen-bond acceptors (Lipinski definition) is 5. The monoisotopic (exact) mass is 472 g/mol. The Bertz CT molecular complexity index is 1140. The third-order valence-electron chi connectivity index (χ3n) is 6.20. The Morgan fingerprint density at radius 2 is 1.58 bits per heavy atom. The molecule has 1 heterocycles. The smallest absolute Gasteiger partial charge is 0.242 e. The van der Waals surface area contributed by atoms with Gasteiger partial charge in [-0.3, -0.25) is 9.59 Å². The molecule has 3 rings (SSSR count). The Labute approximate surface area is 196 Å². The summed E-state index contributed by atoms with van der Waals surface area (Å²) in [5, 5.41) is 2.51. The second-order valence-corrected chi connectivity index (χ2v) is 10.2. The average Bonchev–Trinajstić information content (AvgIpc) is 2.80. The minimum absolute atomic E-state index is 0.108. The molecule has 2 aromatic carbocycles. The number of benzene rings is 2. The first-order valence-electron chi connectivity index (χ1n) is 11.0. The number of nitrogens with one attached hydrogen (secondary N) is 2. The van der Waals surface area contributed by atoms with Crippen molar-refractivity contribution in [2.24, 2.45) is 0 Å². The topological polar surface area (TPSA) is 98.8 Å². The van der Waals surface area contributed by atoms with Crippen LogP contribution in [0.5, 0.6) is 0 Å². The predicted molar refractivity (Wildman–Crippen MR) is 129 cm³/mol. The van der Waals surface area contributed by atoms with Gasteiger partial charge in [0, 0.05) is 31.9 Å². The standard InChI is InChI=1S/C24H32N4O4S/c1-17-8-9-21(14-19(17)3)33(31,32)26-15-23(29)25-16-24(30)28-12-10-27(11-13-28)22-7-5-6-18(2)20(22)4/h5-9,14,26H,10-13,15-16H2,1-4H3,(H,25,29). The Morgan fingerprint density at radius 3 is 2.24 bits per heavy atom. The summed E-state index contributed by atoms with van der Waals surface area (Å²) in [5.41, 5.74) is 5.51. The number of rotatable bonds is 7. The molecule has 0 unspecified atom stereocenters. The van der Waals surface area contributed by atoms with Crippen LogP contribution < -0.4 is 14.9 Å². The van der Waals surface area contributed by atoms with Gasteiger partial charge in [-0.1, -0.05) is 18.2 Å². The zero-order valence-corrected chi connectivity index (χ0v) is 20.5. The van der Waals surface area contributed by atoms with E-state index in [1.807, 2.05) is 19.9 Å². The van der Waals surface area contributed by atoms with E-state index in [1.54, 1.807) is 17.0 Å². The fraction of sp³-hybridized carbons (Fsp3) is 0.417. The van der Waals surface area contributed by atoms with Gasteiger partial charge in [-0.15, -0.1) is 0 Å². The minimum Gasteiger partial charge on any atom is -0.368 e. The highest BCUT2D eigenvalue weighted by Gasteiger charge is 2.23. The van der Waals surface area contributed by atoms with E-state index >= 15 is 0 Å². The van der Waals surface area contributed by atoms with E-state index < -0.39 is 22.5 Å². The van der Waals surface area contributed by atoms with Gasteiger partial charge in [0.05, 0.1) is 18.0 Å². The molecular weight excluding hydrogens is 440 g/mol. The summed E-state index contributed by atoms with van der Waals surface area (Å²) in [4.78, 5) is 28.7. The maximum Gasteiger partial charge on any atom is 0.242 e. The highest BCUT2D eigenvalue weighted by atomic mass is 32.2. The molecule has 1 saturated heterocycles. The molecule has 2 amide bonds. The molecule has 0 spiro atoms. The van der Waals surface area contributed by atoms with Gasteiger partial charge in [-0.05, 0) is 68.1 Å². The van der Waals surface area contributed by atoms with Gasteiger partial charge in [0.25, 0.3) is 0 Å². The Kier molecular flexibility index (Phi) is 7.76. The van der Waals surface area contributed by atoms with Crippen molar-refractivity contribution in [1.29, 1.82) is 0 Å². The molecule has 9 heteroatoms. The summed E-state index contributed by atoms with van der Waals surface area (Å²) in [6.45, 7) is 9.91. The van der Waals surface area contributed by atoms with Gasteiger partial charge in [0.15, 0.2) is 0 Å². The number of hydrogen-bond donors (Lipinski definition) is 2. The average molecular weight is 473 g/mol. The maximum atomic E-state index is 12.5. The van der Waals surface area contributed by atoms with E-state index in [4.69, 9.17) is 0 Å². The molecule has 33 heavy (non-hydrogen) atoms. The molecule has 0 atom stereocenters. The summed E-state index contributed by atoms with van der Waals surface area (Å²) >= 11 is 0. The first-order valence-corrected chi connectivity index (χ1v) is 12.5.